The summed E-state index contributed by atoms with van der Waals surface area (Å²) in [7, 11) is -1.92. The van der Waals surface area contributed by atoms with Gasteiger partial charge in [-0.15, -0.1) is 0 Å². The minimum atomic E-state index is -3.86. The Morgan fingerprint density at radius 3 is 1.38 bits per heavy atom. The molecular weight excluding hydrogens is 835 g/mol. The van der Waals surface area contributed by atoms with Crippen molar-refractivity contribution >= 4 is 24.1 Å². The number of nitrogens with zero attached hydrogens (tertiary/aromatic N) is 3. The molecule has 1 aliphatic rings. The molecule has 1 aromatic heterocycles. The lowest BCUT2D eigenvalue weighted by atomic mass is 9.85. The fraction of sp³-hybridized carbons (Fsp3) is 0.382. The van der Waals surface area contributed by atoms with Crippen LogP contribution in [0.4, 0.5) is 17.6 Å². The summed E-state index contributed by atoms with van der Waals surface area (Å²) >= 11 is 0. The van der Waals surface area contributed by atoms with Gasteiger partial charge in [0.05, 0.1) is 23.7 Å². The number of hydrogen-bond acceptors (Lipinski definition) is 5. The molecular formula is C55H63BF4N4O2. The molecule has 0 saturated carbocycles. The van der Waals surface area contributed by atoms with Gasteiger partial charge in [-0.2, -0.15) is 14.0 Å². The first kappa shape index (κ1) is 49.9. The van der Waals surface area contributed by atoms with E-state index in [2.05, 4.69) is 113 Å². The highest BCUT2D eigenvalue weighted by Gasteiger charge is 2.39. The first-order chi connectivity index (χ1) is 30.4. The minimum absolute atomic E-state index is 0.0369. The zero-order chi connectivity index (χ0) is 48.8. The second-order valence-electron chi connectivity index (χ2n) is 21.6. The fourth-order valence-electron chi connectivity index (χ4n) is 7.81. The highest BCUT2D eigenvalue weighted by Crippen LogP contribution is 2.44. The van der Waals surface area contributed by atoms with Crippen molar-refractivity contribution in [2.45, 2.75) is 124 Å². The average Bonchev–Trinajstić information content (AvgIpc) is 3.83. The van der Waals surface area contributed by atoms with Gasteiger partial charge in [0.2, 0.25) is 0 Å². The predicted octanol–water partition coefficient (Wildman–Crippen LogP) is 13.9. The Morgan fingerprint density at radius 2 is 0.985 bits per heavy atom. The maximum atomic E-state index is 14.8. The summed E-state index contributed by atoms with van der Waals surface area (Å²) in [5, 5.41) is 11.6. The molecule has 1 aliphatic heterocycles. The number of rotatable bonds is 12. The quantitative estimate of drug-likeness (QED) is 0.0585. The Morgan fingerprint density at radius 1 is 0.591 bits per heavy atom. The van der Waals surface area contributed by atoms with Crippen molar-refractivity contribution in [3.8, 4) is 28.5 Å². The number of aliphatic imine (C=N–C) groups is 1. The van der Waals surface area contributed by atoms with Gasteiger partial charge in [0.25, 0.3) is 5.92 Å². The predicted molar refractivity (Wildman–Crippen MR) is 263 cm³/mol. The number of aromatic nitrogens is 1. The SMILES string of the molecule is CC(F)(F)COB(OCC(N)(F)F)n1c(-c2ccc(C(C)(C)C)cc2)cc(-c2ccc(C(C)(C)C)cc2)c1/C(C#N)=C1\N=C(c2ccc(C(C)(C)C)cc2)C=C1c1ccc(C(C)(C)C)cc1. The highest BCUT2D eigenvalue weighted by atomic mass is 19.3. The maximum absolute atomic E-state index is 14.8. The monoisotopic (exact) mass is 898 g/mol. The Bertz CT molecular complexity index is 2650. The molecule has 6 rings (SSSR count). The summed E-state index contributed by atoms with van der Waals surface area (Å²) in [6.07, 6.45) is 1.94. The largest absolute Gasteiger partial charge is 0.598 e. The second-order valence-corrected chi connectivity index (χ2v) is 21.6. The molecule has 66 heavy (non-hydrogen) atoms. The topological polar surface area (TPSA) is 85.6 Å². The van der Waals surface area contributed by atoms with E-state index in [0.29, 0.717) is 46.3 Å². The van der Waals surface area contributed by atoms with Crippen molar-refractivity contribution in [3.05, 3.63) is 154 Å². The van der Waals surface area contributed by atoms with Crippen LogP contribution in [0.1, 0.15) is 129 Å². The molecule has 346 valence electrons. The molecule has 0 radical (unpaired) electrons. The smallest absolute Gasteiger partial charge is 0.385 e. The number of alkyl halides is 4. The van der Waals surface area contributed by atoms with E-state index in [-0.39, 0.29) is 32.9 Å². The number of nitrogens with two attached hydrogens (primary N) is 1. The van der Waals surface area contributed by atoms with Crippen molar-refractivity contribution in [2.24, 2.45) is 10.7 Å². The van der Waals surface area contributed by atoms with Crippen LogP contribution in [0.25, 0.3) is 33.5 Å². The van der Waals surface area contributed by atoms with Gasteiger partial charge >= 0.3 is 13.3 Å². The molecule has 0 fully saturated rings. The van der Waals surface area contributed by atoms with Crippen LogP contribution in [0.3, 0.4) is 0 Å². The molecule has 0 aliphatic carbocycles. The third-order valence-corrected chi connectivity index (χ3v) is 11.7. The zero-order valence-corrected chi connectivity index (χ0v) is 40.6. The van der Waals surface area contributed by atoms with E-state index in [9.17, 15) is 22.8 Å². The molecule has 0 atom stereocenters. The number of hydrogen-bond donors (Lipinski definition) is 1. The standard InChI is InChI=1S/C55H63BF4N4O2/c1-50(2,3)39-22-14-35(15-23-39)43-30-46(37-18-26-41(27-19-37)52(7,8)9)63-48(43)45(32-61)49-44(36-16-24-40(25-17-36)51(4,5)6)31-47(38-20-28-42(29-21-38)53(10,11)12)64(49)56(65-33-54(13,57)58)66-34-55(59,60)62/h14-31H,33-34,62H2,1-13H3/b48-45-. The molecule has 2 heterocycles. The van der Waals surface area contributed by atoms with Crippen molar-refractivity contribution < 1.29 is 26.9 Å². The van der Waals surface area contributed by atoms with Crippen molar-refractivity contribution in [2.75, 3.05) is 13.2 Å². The number of allylic oxidation sites excluding steroid dienone is 3. The Hall–Kier alpha value is -5.54. The van der Waals surface area contributed by atoms with E-state index in [1.165, 1.54) is 4.48 Å². The van der Waals surface area contributed by atoms with E-state index < -0.39 is 32.4 Å². The molecule has 0 amide bonds. The van der Waals surface area contributed by atoms with Gasteiger partial charge in [0, 0.05) is 29.3 Å². The van der Waals surface area contributed by atoms with Crippen LogP contribution < -0.4 is 5.73 Å². The van der Waals surface area contributed by atoms with Gasteiger partial charge in [0.1, 0.15) is 18.2 Å². The lowest BCUT2D eigenvalue weighted by molar-refractivity contribution is -0.0580. The fourth-order valence-corrected chi connectivity index (χ4v) is 7.81. The summed E-state index contributed by atoms with van der Waals surface area (Å²) in [6, 6.07) is 32.2. The lowest BCUT2D eigenvalue weighted by Gasteiger charge is -2.24. The van der Waals surface area contributed by atoms with Crippen LogP contribution >= 0.6 is 0 Å². The van der Waals surface area contributed by atoms with Gasteiger partial charge in [-0.1, -0.05) is 180 Å². The van der Waals surface area contributed by atoms with E-state index >= 15 is 0 Å². The normalized spacial score (nSPS) is 14.8. The lowest BCUT2D eigenvalue weighted by Crippen LogP contribution is -2.43. The summed E-state index contributed by atoms with van der Waals surface area (Å²) in [5.74, 6) is -3.39. The van der Waals surface area contributed by atoms with Gasteiger partial charge in [-0.25, -0.2) is 13.8 Å². The number of halogens is 4. The molecule has 0 unspecified atom stereocenters. The Labute approximate surface area is 389 Å². The zero-order valence-electron chi connectivity index (χ0n) is 40.6. The average molecular weight is 899 g/mol. The number of nitriles is 1. The molecule has 11 heteroatoms. The van der Waals surface area contributed by atoms with E-state index in [0.717, 1.165) is 33.4 Å². The van der Waals surface area contributed by atoms with Gasteiger partial charge in [-0.3, -0.25) is 5.73 Å². The molecule has 0 spiro atoms. The highest BCUT2D eigenvalue weighted by molar-refractivity contribution is 6.44. The third-order valence-electron chi connectivity index (χ3n) is 11.7. The van der Waals surface area contributed by atoms with E-state index in [1.807, 2.05) is 84.9 Å². The van der Waals surface area contributed by atoms with Gasteiger partial charge < -0.3 is 13.8 Å². The molecule has 0 saturated heterocycles. The van der Waals surface area contributed by atoms with Crippen molar-refractivity contribution in [1.82, 2.24) is 4.48 Å². The van der Waals surface area contributed by atoms with Crippen molar-refractivity contribution in [3.63, 3.8) is 0 Å². The summed E-state index contributed by atoms with van der Waals surface area (Å²) in [6.45, 7) is 23.5. The van der Waals surface area contributed by atoms with Gasteiger partial charge in [-0.05, 0) is 72.7 Å². The van der Waals surface area contributed by atoms with E-state index in [1.54, 1.807) is 0 Å². The Balaban J connectivity index is 1.76. The molecule has 5 aromatic rings. The first-order valence-corrected chi connectivity index (χ1v) is 22.4. The number of benzene rings is 4. The summed E-state index contributed by atoms with van der Waals surface area (Å²) < 4.78 is 71.9. The van der Waals surface area contributed by atoms with Crippen LogP contribution in [-0.4, -0.2) is 42.6 Å². The molecule has 4 aromatic carbocycles. The molecule has 2 N–H and O–H groups in total. The van der Waals surface area contributed by atoms with Gasteiger partial charge in [0.15, 0.2) is 0 Å². The first-order valence-electron chi connectivity index (χ1n) is 22.4. The van der Waals surface area contributed by atoms with Crippen LogP contribution in [0.15, 0.2) is 120 Å². The second kappa shape index (κ2) is 18.3. The Kier molecular flexibility index (Phi) is 13.8. The van der Waals surface area contributed by atoms with Crippen LogP contribution in [-0.2, 0) is 31.0 Å². The summed E-state index contributed by atoms with van der Waals surface area (Å²) in [5.41, 5.74) is 14.3. The minimum Gasteiger partial charge on any atom is -0.385 e. The maximum Gasteiger partial charge on any atom is 0.598 e. The van der Waals surface area contributed by atoms with Crippen LogP contribution in [0.2, 0.25) is 0 Å². The third kappa shape index (κ3) is 11.7. The van der Waals surface area contributed by atoms with Crippen molar-refractivity contribution in [1.29, 1.82) is 5.26 Å². The van der Waals surface area contributed by atoms with E-state index in [4.69, 9.17) is 20.0 Å². The van der Waals surface area contributed by atoms with Crippen LogP contribution in [0, 0.1) is 11.3 Å². The summed E-state index contributed by atoms with van der Waals surface area (Å²) in [4.78, 5) is 5.23. The molecule has 0 bridgehead atoms. The molecule has 6 nitrogen and oxygen atoms in total. The van der Waals surface area contributed by atoms with Crippen LogP contribution in [0.5, 0.6) is 0 Å².